The first-order valence-electron chi connectivity index (χ1n) is 14.1. The van der Waals surface area contributed by atoms with Gasteiger partial charge in [0.1, 0.15) is 6.54 Å². The van der Waals surface area contributed by atoms with Crippen molar-refractivity contribution in [3.8, 4) is 0 Å². The first kappa shape index (κ1) is 27.7. The van der Waals surface area contributed by atoms with Crippen molar-refractivity contribution in [3.63, 3.8) is 0 Å². The van der Waals surface area contributed by atoms with Crippen molar-refractivity contribution in [3.05, 3.63) is 54.1 Å². The molecule has 5 aliphatic rings. The van der Waals surface area contributed by atoms with Crippen LogP contribution >= 0.6 is 0 Å². The quantitative estimate of drug-likeness (QED) is 0.505. The molecule has 2 aromatic carbocycles. The van der Waals surface area contributed by atoms with Gasteiger partial charge in [0.05, 0.1) is 30.1 Å². The van der Waals surface area contributed by atoms with Crippen LogP contribution in [-0.4, -0.2) is 66.2 Å². The first-order valence-corrected chi connectivity index (χ1v) is 17.4. The van der Waals surface area contributed by atoms with Crippen LogP contribution < -0.4 is 9.62 Å². The zero-order valence-electron chi connectivity index (χ0n) is 22.8. The highest BCUT2D eigenvalue weighted by Gasteiger charge is 2.51. The fraction of sp³-hybridized carbons (Fsp3) is 0.552. The molecule has 0 spiro atoms. The molecular formula is C29H37N3O6S2. The number of benzene rings is 2. The summed E-state index contributed by atoms with van der Waals surface area (Å²) in [6, 6.07) is 13.7. The molecule has 40 heavy (non-hydrogen) atoms. The predicted molar refractivity (Wildman–Crippen MR) is 153 cm³/mol. The van der Waals surface area contributed by atoms with Crippen molar-refractivity contribution in [2.75, 3.05) is 48.7 Å². The van der Waals surface area contributed by atoms with E-state index in [9.17, 15) is 21.6 Å². The van der Waals surface area contributed by atoms with Gasteiger partial charge in [-0.1, -0.05) is 12.1 Å². The molecule has 1 N–H and O–H groups in total. The maximum atomic E-state index is 12.9. The summed E-state index contributed by atoms with van der Waals surface area (Å²) >= 11 is 0. The minimum Gasteiger partial charge on any atom is -0.379 e. The highest BCUT2D eigenvalue weighted by Crippen LogP contribution is 2.60. The maximum absolute atomic E-state index is 12.9. The van der Waals surface area contributed by atoms with E-state index in [1.165, 1.54) is 72.7 Å². The number of morpholine rings is 1. The number of anilines is 2. The van der Waals surface area contributed by atoms with E-state index in [1.54, 1.807) is 0 Å². The third-order valence-electron chi connectivity index (χ3n) is 9.24. The highest BCUT2D eigenvalue weighted by atomic mass is 32.2. The van der Waals surface area contributed by atoms with Crippen LogP contribution in [0.5, 0.6) is 0 Å². The Bertz CT molecular complexity index is 1430. The Labute approximate surface area is 237 Å². The van der Waals surface area contributed by atoms with Gasteiger partial charge in [0.15, 0.2) is 0 Å². The summed E-state index contributed by atoms with van der Waals surface area (Å²) in [5, 5.41) is 2.70. The molecule has 1 amide bonds. The van der Waals surface area contributed by atoms with Gasteiger partial charge in [0, 0.05) is 18.8 Å². The van der Waals surface area contributed by atoms with E-state index in [4.69, 9.17) is 4.74 Å². The van der Waals surface area contributed by atoms with Gasteiger partial charge >= 0.3 is 0 Å². The van der Waals surface area contributed by atoms with Crippen LogP contribution in [0, 0.1) is 17.8 Å². The largest absolute Gasteiger partial charge is 0.379 e. The Hall–Kier alpha value is -2.47. The summed E-state index contributed by atoms with van der Waals surface area (Å²) < 4.78 is 58.8. The predicted octanol–water partition coefficient (Wildman–Crippen LogP) is 3.58. The lowest BCUT2D eigenvalue weighted by Crippen LogP contribution is -2.48. The van der Waals surface area contributed by atoms with Crippen LogP contribution in [0.4, 0.5) is 11.4 Å². The normalized spacial score (nSPS) is 28.4. The lowest BCUT2D eigenvalue weighted by Gasteiger charge is -2.57. The number of amides is 1. The second kappa shape index (κ2) is 10.4. The van der Waals surface area contributed by atoms with Crippen LogP contribution in [0.25, 0.3) is 0 Å². The Balaban J connectivity index is 1.13. The van der Waals surface area contributed by atoms with Crippen molar-refractivity contribution in [2.45, 2.75) is 48.8 Å². The van der Waals surface area contributed by atoms with Crippen LogP contribution in [-0.2, 0) is 35.0 Å². The summed E-state index contributed by atoms with van der Waals surface area (Å²) in [4.78, 5) is 13.0. The number of carbonyl (C=O) groups excluding carboxylic acids is 1. The molecule has 4 saturated carbocycles. The van der Waals surface area contributed by atoms with Crippen molar-refractivity contribution >= 4 is 37.3 Å². The average Bonchev–Trinajstić information content (AvgIpc) is 2.91. The van der Waals surface area contributed by atoms with Gasteiger partial charge in [-0.3, -0.25) is 9.10 Å². The number of carbonyl (C=O) groups is 1. The monoisotopic (exact) mass is 587 g/mol. The smallest absolute Gasteiger partial charge is 0.245 e. The van der Waals surface area contributed by atoms with Crippen molar-refractivity contribution in [1.29, 1.82) is 0 Å². The van der Waals surface area contributed by atoms with E-state index in [-0.39, 0.29) is 16.9 Å². The van der Waals surface area contributed by atoms with Crippen molar-refractivity contribution < 1.29 is 26.4 Å². The van der Waals surface area contributed by atoms with Crippen LogP contribution in [0.15, 0.2) is 53.4 Å². The number of sulfonamides is 2. The molecule has 1 aliphatic heterocycles. The number of hydrogen-bond donors (Lipinski definition) is 1. The van der Waals surface area contributed by atoms with Crippen LogP contribution in [0.3, 0.4) is 0 Å². The second-order valence-electron chi connectivity index (χ2n) is 12.1. The van der Waals surface area contributed by atoms with Gasteiger partial charge in [-0.15, -0.1) is 0 Å². The number of nitrogens with zero attached hydrogens (tertiary/aromatic N) is 2. The molecule has 0 radical (unpaired) electrons. The molecule has 1 heterocycles. The molecule has 0 aromatic heterocycles. The molecule has 5 fully saturated rings. The molecule has 7 rings (SSSR count). The summed E-state index contributed by atoms with van der Waals surface area (Å²) in [6.07, 6.45) is 8.86. The van der Waals surface area contributed by atoms with Crippen LogP contribution in [0.1, 0.15) is 44.1 Å². The van der Waals surface area contributed by atoms with Crippen LogP contribution in [0.2, 0.25) is 0 Å². The fourth-order valence-corrected chi connectivity index (χ4v) is 10.1. The highest BCUT2D eigenvalue weighted by molar-refractivity contribution is 7.92. The number of nitrogens with one attached hydrogen (secondary N) is 1. The zero-order chi connectivity index (χ0) is 28.1. The molecule has 2 aromatic rings. The van der Waals surface area contributed by atoms with Crippen molar-refractivity contribution in [2.24, 2.45) is 17.8 Å². The Morgan fingerprint density at radius 2 is 1.45 bits per heavy atom. The SMILES string of the molecule is CS(=O)(=O)N(CC(=O)Nc1ccc(S(=O)(=O)N2CCOCC2)cc1)c1ccc(C23CC4CC(CC(C4)C2)C3)cc1. The number of ether oxygens (including phenoxy) is 1. The summed E-state index contributed by atoms with van der Waals surface area (Å²) in [7, 11) is -7.37. The Kier molecular flexibility index (Phi) is 7.21. The van der Waals surface area contributed by atoms with E-state index in [0.717, 1.165) is 28.3 Å². The van der Waals surface area contributed by atoms with Crippen molar-refractivity contribution in [1.82, 2.24) is 4.31 Å². The summed E-state index contributed by atoms with van der Waals surface area (Å²) in [5.74, 6) is 1.93. The van der Waals surface area contributed by atoms with Gasteiger partial charge in [-0.2, -0.15) is 4.31 Å². The molecular weight excluding hydrogens is 550 g/mol. The minimum atomic E-state index is -3.72. The van der Waals surface area contributed by atoms with E-state index in [2.05, 4.69) is 17.4 Å². The van der Waals surface area contributed by atoms with Gasteiger partial charge in [-0.05, 0) is 104 Å². The second-order valence-corrected chi connectivity index (χ2v) is 15.9. The third-order valence-corrected chi connectivity index (χ3v) is 12.3. The Morgan fingerprint density at radius 1 is 0.900 bits per heavy atom. The maximum Gasteiger partial charge on any atom is 0.245 e. The molecule has 11 heteroatoms. The van der Waals surface area contributed by atoms with E-state index in [1.807, 2.05) is 12.1 Å². The van der Waals surface area contributed by atoms with Gasteiger partial charge in [0.2, 0.25) is 26.0 Å². The molecule has 216 valence electrons. The lowest BCUT2D eigenvalue weighted by atomic mass is 9.48. The van der Waals surface area contributed by atoms with E-state index >= 15 is 0 Å². The molecule has 4 aliphatic carbocycles. The standard InChI is InChI=1S/C29H37N3O6S2/c1-39(34,35)32(26-6-2-24(3-7-26)29-17-21-14-22(18-29)16-23(15-21)19-29)20-28(33)30-25-4-8-27(9-5-25)40(36,37)31-10-12-38-13-11-31/h2-9,21-23H,10-20H2,1H3,(H,30,33). The van der Waals surface area contributed by atoms with Gasteiger partial charge < -0.3 is 10.1 Å². The fourth-order valence-electron chi connectivity index (χ4n) is 7.82. The molecule has 0 atom stereocenters. The van der Waals surface area contributed by atoms with E-state index < -0.39 is 26.0 Å². The lowest BCUT2D eigenvalue weighted by molar-refractivity contribution is -0.114. The summed E-state index contributed by atoms with van der Waals surface area (Å²) in [5.41, 5.74) is 2.34. The first-order chi connectivity index (χ1) is 19.0. The molecule has 1 saturated heterocycles. The van der Waals surface area contributed by atoms with E-state index in [0.29, 0.717) is 37.7 Å². The van der Waals surface area contributed by atoms with Gasteiger partial charge in [0.25, 0.3) is 0 Å². The minimum absolute atomic E-state index is 0.129. The zero-order valence-corrected chi connectivity index (χ0v) is 24.4. The van der Waals surface area contributed by atoms with Gasteiger partial charge in [-0.25, -0.2) is 16.8 Å². The topological polar surface area (TPSA) is 113 Å². The average molecular weight is 588 g/mol. The number of rotatable bonds is 8. The number of hydrogen-bond acceptors (Lipinski definition) is 6. The summed E-state index contributed by atoms with van der Waals surface area (Å²) in [6.45, 7) is 0.922. The molecule has 4 bridgehead atoms. The Morgan fingerprint density at radius 3 is 1.98 bits per heavy atom. The molecule has 9 nitrogen and oxygen atoms in total. The third kappa shape index (κ3) is 5.41. The molecule has 0 unspecified atom stereocenters.